The van der Waals surface area contributed by atoms with Crippen molar-refractivity contribution in [1.29, 1.82) is 0 Å². The predicted molar refractivity (Wildman–Crippen MR) is 79.0 cm³/mol. The molecule has 2 aromatic rings. The van der Waals surface area contributed by atoms with Crippen LogP contribution in [0.25, 0.3) is 6.08 Å². The van der Waals surface area contributed by atoms with E-state index in [4.69, 9.17) is 13.9 Å². The summed E-state index contributed by atoms with van der Waals surface area (Å²) in [5.41, 5.74) is 0.695. The zero-order valence-electron chi connectivity index (χ0n) is 11.9. The molecule has 0 spiro atoms. The number of esters is 1. The second-order valence-corrected chi connectivity index (χ2v) is 4.47. The third-order valence-corrected chi connectivity index (χ3v) is 3.03. The molecule has 0 fully saturated rings. The molecule has 0 radical (unpaired) electrons. The van der Waals surface area contributed by atoms with Crippen molar-refractivity contribution >= 4 is 23.8 Å². The second-order valence-electron chi connectivity index (χ2n) is 4.47. The summed E-state index contributed by atoms with van der Waals surface area (Å²) in [5, 5.41) is 10.6. The first-order chi connectivity index (χ1) is 11.1. The first kappa shape index (κ1) is 14.5. The van der Waals surface area contributed by atoms with E-state index in [9.17, 15) is 14.9 Å². The van der Waals surface area contributed by atoms with Crippen molar-refractivity contribution in [3.63, 3.8) is 0 Å². The van der Waals surface area contributed by atoms with Gasteiger partial charge in [-0.3, -0.25) is 10.1 Å². The van der Waals surface area contributed by atoms with Crippen LogP contribution in [0.2, 0.25) is 0 Å². The molecule has 0 aliphatic carbocycles. The van der Waals surface area contributed by atoms with Crippen molar-refractivity contribution in [1.82, 2.24) is 0 Å². The Balaban J connectivity index is 1.94. The van der Waals surface area contributed by atoms with Gasteiger partial charge in [-0.1, -0.05) is 18.2 Å². The van der Waals surface area contributed by atoms with Crippen molar-refractivity contribution in [2.45, 2.75) is 0 Å². The third-order valence-electron chi connectivity index (χ3n) is 3.03. The highest BCUT2D eigenvalue weighted by Crippen LogP contribution is 2.25. The van der Waals surface area contributed by atoms with Crippen molar-refractivity contribution < 1.29 is 23.6 Å². The van der Waals surface area contributed by atoms with Gasteiger partial charge < -0.3 is 13.9 Å². The number of ether oxygens (including phenoxy) is 2. The van der Waals surface area contributed by atoms with Gasteiger partial charge in [0.25, 0.3) is 5.90 Å². The molecular formula is C15H10N2O6. The molecule has 0 N–H and O–H groups in total. The Labute approximate surface area is 129 Å². The lowest BCUT2D eigenvalue weighted by molar-refractivity contribution is -0.402. The van der Waals surface area contributed by atoms with E-state index in [1.54, 1.807) is 24.3 Å². The number of para-hydroxylation sites is 1. The molecule has 116 valence electrons. The van der Waals surface area contributed by atoms with Gasteiger partial charge in [-0.05, 0) is 18.2 Å². The Kier molecular flexibility index (Phi) is 3.63. The summed E-state index contributed by atoms with van der Waals surface area (Å²) < 4.78 is 15.1. The second kappa shape index (κ2) is 5.76. The molecule has 0 bridgehead atoms. The number of nitrogens with zero attached hydrogens (tertiary/aromatic N) is 2. The van der Waals surface area contributed by atoms with Crippen LogP contribution in [0, 0.1) is 10.1 Å². The lowest BCUT2D eigenvalue weighted by atomic mass is 10.1. The number of nitro groups is 1. The molecule has 2 heterocycles. The summed E-state index contributed by atoms with van der Waals surface area (Å²) in [6, 6.07) is 9.56. The summed E-state index contributed by atoms with van der Waals surface area (Å²) in [6.07, 6.45) is 1.51. The van der Waals surface area contributed by atoms with E-state index in [2.05, 4.69) is 4.99 Å². The lowest BCUT2D eigenvalue weighted by Crippen LogP contribution is -2.04. The molecule has 1 aliphatic heterocycles. The number of hydrogen-bond donors (Lipinski definition) is 0. The number of benzene rings is 1. The first-order valence-corrected chi connectivity index (χ1v) is 6.48. The minimum atomic E-state index is -0.688. The Morgan fingerprint density at radius 3 is 2.74 bits per heavy atom. The van der Waals surface area contributed by atoms with Gasteiger partial charge in [0.1, 0.15) is 10.7 Å². The van der Waals surface area contributed by atoms with Gasteiger partial charge in [0.2, 0.25) is 0 Å². The summed E-state index contributed by atoms with van der Waals surface area (Å²) in [4.78, 5) is 25.8. The molecule has 0 unspecified atom stereocenters. The monoisotopic (exact) mass is 314 g/mol. The number of carbonyl (C=O) groups excluding carboxylic acids is 1. The van der Waals surface area contributed by atoms with E-state index in [1.165, 1.54) is 19.3 Å². The van der Waals surface area contributed by atoms with Gasteiger partial charge in [0.05, 0.1) is 13.2 Å². The summed E-state index contributed by atoms with van der Waals surface area (Å²) in [5.74, 6) is -0.673. The fourth-order valence-corrected chi connectivity index (χ4v) is 1.99. The van der Waals surface area contributed by atoms with Crippen LogP contribution < -0.4 is 4.74 Å². The fourth-order valence-electron chi connectivity index (χ4n) is 1.99. The molecule has 8 nitrogen and oxygen atoms in total. The van der Waals surface area contributed by atoms with E-state index in [0.717, 1.165) is 6.07 Å². The smallest absolute Gasteiger partial charge is 0.433 e. The molecule has 23 heavy (non-hydrogen) atoms. The molecule has 1 aromatic carbocycles. The van der Waals surface area contributed by atoms with Gasteiger partial charge in [-0.2, -0.15) is 0 Å². The van der Waals surface area contributed by atoms with E-state index in [-0.39, 0.29) is 17.4 Å². The topological polar surface area (TPSA) is 104 Å². The SMILES string of the molecule is COc1ccccc1C=C1N=C(c2ccc([N+](=O)[O-])o2)OC1=O. The first-order valence-electron chi connectivity index (χ1n) is 6.48. The maximum absolute atomic E-state index is 11.9. The molecule has 0 saturated carbocycles. The van der Waals surface area contributed by atoms with E-state index in [0.29, 0.717) is 11.3 Å². The number of furan rings is 1. The van der Waals surface area contributed by atoms with Crippen LogP contribution in [-0.2, 0) is 9.53 Å². The largest absolute Gasteiger partial charge is 0.496 e. The van der Waals surface area contributed by atoms with Crippen molar-refractivity contribution in [2.75, 3.05) is 7.11 Å². The highest BCUT2D eigenvalue weighted by molar-refractivity contribution is 6.12. The van der Waals surface area contributed by atoms with Crippen LogP contribution in [-0.4, -0.2) is 23.9 Å². The van der Waals surface area contributed by atoms with Crippen molar-refractivity contribution in [2.24, 2.45) is 4.99 Å². The molecule has 0 atom stereocenters. The number of rotatable bonds is 4. The van der Waals surface area contributed by atoms with Crippen LogP contribution in [0.5, 0.6) is 5.75 Å². The Hall–Kier alpha value is -3.42. The van der Waals surface area contributed by atoms with Crippen molar-refractivity contribution in [3.8, 4) is 5.75 Å². The highest BCUT2D eigenvalue weighted by Gasteiger charge is 2.28. The number of methoxy groups -OCH3 is 1. The van der Waals surface area contributed by atoms with Gasteiger partial charge in [-0.15, -0.1) is 0 Å². The average molecular weight is 314 g/mol. The highest BCUT2D eigenvalue weighted by atomic mass is 16.7. The van der Waals surface area contributed by atoms with E-state index >= 15 is 0 Å². The standard InChI is InChI=1S/C15H10N2O6/c1-21-11-5-3-2-4-9(11)8-10-15(18)23-14(16-10)12-6-7-13(22-12)17(19)20/h2-8H,1H3. The van der Waals surface area contributed by atoms with Gasteiger partial charge in [0, 0.05) is 5.56 Å². The van der Waals surface area contributed by atoms with Crippen LogP contribution >= 0.6 is 0 Å². The number of hydrogen-bond acceptors (Lipinski definition) is 7. The Morgan fingerprint density at radius 1 is 1.26 bits per heavy atom. The number of cyclic esters (lactones) is 1. The summed E-state index contributed by atoms with van der Waals surface area (Å²) in [6.45, 7) is 0. The Morgan fingerprint density at radius 2 is 2.04 bits per heavy atom. The summed E-state index contributed by atoms with van der Waals surface area (Å²) in [7, 11) is 1.51. The van der Waals surface area contributed by atoms with Crippen molar-refractivity contribution in [3.05, 3.63) is 63.5 Å². The van der Waals surface area contributed by atoms with Crippen LogP contribution in [0.3, 0.4) is 0 Å². The zero-order valence-corrected chi connectivity index (χ0v) is 11.9. The Bertz CT molecular complexity index is 849. The molecule has 0 amide bonds. The van der Waals surface area contributed by atoms with Gasteiger partial charge in [-0.25, -0.2) is 9.79 Å². The van der Waals surface area contributed by atoms with Crippen LogP contribution in [0.15, 0.2) is 51.5 Å². The lowest BCUT2D eigenvalue weighted by Gasteiger charge is -2.03. The van der Waals surface area contributed by atoms with Crippen LogP contribution in [0.1, 0.15) is 11.3 Å². The van der Waals surface area contributed by atoms with E-state index in [1.807, 2.05) is 0 Å². The minimum Gasteiger partial charge on any atom is -0.496 e. The minimum absolute atomic E-state index is 0.00785. The predicted octanol–water partition coefficient (Wildman–Crippen LogP) is 2.54. The normalized spacial score (nSPS) is 15.4. The molecule has 0 saturated heterocycles. The number of carbonyl (C=O) groups is 1. The molecule has 1 aromatic heterocycles. The molecular weight excluding hydrogens is 304 g/mol. The number of aliphatic imine (C=N–C) groups is 1. The van der Waals surface area contributed by atoms with Gasteiger partial charge >= 0.3 is 11.9 Å². The summed E-state index contributed by atoms with van der Waals surface area (Å²) >= 11 is 0. The quantitative estimate of drug-likeness (QED) is 0.372. The van der Waals surface area contributed by atoms with Crippen LogP contribution in [0.4, 0.5) is 5.88 Å². The maximum atomic E-state index is 11.9. The fraction of sp³-hybridized carbons (Fsp3) is 0.0667. The van der Waals surface area contributed by atoms with Gasteiger partial charge in [0.15, 0.2) is 11.5 Å². The molecule has 3 rings (SSSR count). The van der Waals surface area contributed by atoms with E-state index < -0.39 is 16.8 Å². The maximum Gasteiger partial charge on any atom is 0.433 e. The average Bonchev–Trinajstić information content (AvgIpc) is 3.15. The molecule has 1 aliphatic rings. The molecule has 8 heteroatoms. The zero-order chi connectivity index (χ0) is 16.4. The third kappa shape index (κ3) is 2.82.